The highest BCUT2D eigenvalue weighted by molar-refractivity contribution is 7.89. The molecule has 31 heavy (non-hydrogen) atoms. The van der Waals surface area contributed by atoms with E-state index in [1.165, 1.54) is 32.0 Å². The van der Waals surface area contributed by atoms with Crippen LogP contribution in [0.5, 0.6) is 0 Å². The number of rotatable bonds is 4. The quantitative estimate of drug-likeness (QED) is 0.604. The monoisotopic (exact) mass is 446 g/mol. The molecule has 0 spiro atoms. The standard InChI is InChI=1S/C20H23FN6O3S/c1-14-12-15(2)27(22-14)20(28)18-13-24(3)23-19(18)31(29,30)26-10-8-25(9-11-26)17-6-4-16(21)5-7-17/h4-7,12-13H,8-11H2,1-3H3. The molecule has 3 aromatic rings. The van der Waals surface area contributed by atoms with E-state index >= 15 is 0 Å². The van der Waals surface area contributed by atoms with E-state index < -0.39 is 15.9 Å². The van der Waals surface area contributed by atoms with Crippen LogP contribution in [0.15, 0.2) is 41.6 Å². The van der Waals surface area contributed by atoms with Gasteiger partial charge in [-0.25, -0.2) is 17.5 Å². The van der Waals surface area contributed by atoms with E-state index in [0.717, 1.165) is 5.69 Å². The molecule has 2 aromatic heterocycles. The minimum Gasteiger partial charge on any atom is -0.369 e. The van der Waals surface area contributed by atoms with Crippen LogP contribution in [0.4, 0.5) is 10.1 Å². The number of carbonyl (C=O) groups is 1. The number of hydrogen-bond acceptors (Lipinski definition) is 6. The van der Waals surface area contributed by atoms with Crippen LogP contribution in [-0.2, 0) is 17.1 Å². The third-order valence-corrected chi connectivity index (χ3v) is 7.08. The number of halogens is 1. The van der Waals surface area contributed by atoms with Gasteiger partial charge in [-0.1, -0.05) is 0 Å². The number of carbonyl (C=O) groups excluding carboxylic acids is 1. The molecule has 1 fully saturated rings. The minimum absolute atomic E-state index is 0.0188. The van der Waals surface area contributed by atoms with Gasteiger partial charge in [0.05, 0.1) is 5.69 Å². The highest BCUT2D eigenvalue weighted by Crippen LogP contribution is 2.23. The second-order valence-electron chi connectivity index (χ2n) is 7.53. The topological polar surface area (TPSA) is 93.3 Å². The molecular formula is C20H23FN6O3S. The van der Waals surface area contributed by atoms with E-state index in [1.807, 2.05) is 4.90 Å². The fraction of sp³-hybridized carbons (Fsp3) is 0.350. The average Bonchev–Trinajstić information content (AvgIpc) is 3.30. The number of sulfonamides is 1. The molecule has 3 heterocycles. The van der Waals surface area contributed by atoms with E-state index in [1.54, 1.807) is 39.1 Å². The largest absolute Gasteiger partial charge is 0.369 e. The van der Waals surface area contributed by atoms with Crippen LogP contribution in [0.2, 0.25) is 0 Å². The molecule has 0 saturated carbocycles. The summed E-state index contributed by atoms with van der Waals surface area (Å²) >= 11 is 0. The molecule has 11 heteroatoms. The van der Waals surface area contributed by atoms with Crippen molar-refractivity contribution < 1.29 is 17.6 Å². The van der Waals surface area contributed by atoms with Crippen molar-refractivity contribution >= 4 is 21.6 Å². The van der Waals surface area contributed by atoms with Gasteiger partial charge < -0.3 is 4.90 Å². The second-order valence-corrected chi connectivity index (χ2v) is 9.39. The Morgan fingerprint density at radius 2 is 1.68 bits per heavy atom. The van der Waals surface area contributed by atoms with Gasteiger partial charge in [-0.2, -0.15) is 14.5 Å². The third-order valence-electron chi connectivity index (χ3n) is 5.24. The molecular weight excluding hydrogens is 423 g/mol. The Hall–Kier alpha value is -3.05. The predicted octanol–water partition coefficient (Wildman–Crippen LogP) is 1.57. The minimum atomic E-state index is -3.99. The van der Waals surface area contributed by atoms with Crippen molar-refractivity contribution in [1.82, 2.24) is 23.9 Å². The molecule has 9 nitrogen and oxygen atoms in total. The van der Waals surface area contributed by atoms with E-state index in [9.17, 15) is 17.6 Å². The molecule has 0 bridgehead atoms. The maximum atomic E-state index is 13.3. The summed E-state index contributed by atoms with van der Waals surface area (Å²) in [6.07, 6.45) is 1.40. The molecule has 0 radical (unpaired) electrons. The van der Waals surface area contributed by atoms with Crippen LogP contribution in [0.25, 0.3) is 0 Å². The molecule has 1 aliphatic rings. The van der Waals surface area contributed by atoms with Crippen molar-refractivity contribution in [3.05, 3.63) is 59.3 Å². The van der Waals surface area contributed by atoms with Gasteiger partial charge in [0.2, 0.25) is 5.03 Å². The third kappa shape index (κ3) is 3.98. The summed E-state index contributed by atoms with van der Waals surface area (Å²) in [6, 6.07) is 7.84. The smallest absolute Gasteiger partial charge is 0.283 e. The zero-order valence-corrected chi connectivity index (χ0v) is 18.3. The lowest BCUT2D eigenvalue weighted by molar-refractivity contribution is 0.0938. The average molecular weight is 447 g/mol. The highest BCUT2D eigenvalue weighted by Gasteiger charge is 2.35. The van der Waals surface area contributed by atoms with Gasteiger partial charge in [-0.05, 0) is 44.2 Å². The van der Waals surface area contributed by atoms with Crippen LogP contribution in [0.1, 0.15) is 21.7 Å². The first-order valence-corrected chi connectivity index (χ1v) is 11.2. The van der Waals surface area contributed by atoms with Crippen molar-refractivity contribution in [2.45, 2.75) is 18.9 Å². The molecule has 0 N–H and O–H groups in total. The van der Waals surface area contributed by atoms with Crippen LogP contribution < -0.4 is 4.90 Å². The number of benzene rings is 1. The summed E-state index contributed by atoms with van der Waals surface area (Å²) in [4.78, 5) is 15.0. The number of piperazine rings is 1. The molecule has 0 atom stereocenters. The fourth-order valence-electron chi connectivity index (χ4n) is 3.71. The Balaban J connectivity index is 1.58. The van der Waals surface area contributed by atoms with Crippen molar-refractivity contribution in [3.63, 3.8) is 0 Å². The zero-order chi connectivity index (χ0) is 22.3. The summed E-state index contributed by atoms with van der Waals surface area (Å²) in [5, 5.41) is 7.99. The first-order valence-electron chi connectivity index (χ1n) is 9.79. The normalized spacial score (nSPS) is 15.4. The van der Waals surface area contributed by atoms with Crippen LogP contribution in [0.3, 0.4) is 0 Å². The van der Waals surface area contributed by atoms with Crippen LogP contribution >= 0.6 is 0 Å². The van der Waals surface area contributed by atoms with E-state index in [4.69, 9.17) is 0 Å². The molecule has 0 aliphatic carbocycles. The van der Waals surface area contributed by atoms with Gasteiger partial charge >= 0.3 is 0 Å². The predicted molar refractivity (Wildman–Crippen MR) is 112 cm³/mol. The Morgan fingerprint density at radius 1 is 1.03 bits per heavy atom. The Morgan fingerprint density at radius 3 is 2.26 bits per heavy atom. The number of nitrogens with zero attached hydrogens (tertiary/aromatic N) is 6. The Labute approximate surface area is 179 Å². The van der Waals surface area contributed by atoms with Crippen LogP contribution in [-0.4, -0.2) is 64.4 Å². The molecule has 0 amide bonds. The van der Waals surface area contributed by atoms with E-state index in [-0.39, 0.29) is 29.5 Å². The van der Waals surface area contributed by atoms with Crippen molar-refractivity contribution in [2.24, 2.45) is 7.05 Å². The summed E-state index contributed by atoms with van der Waals surface area (Å²) in [5.41, 5.74) is 2.09. The molecule has 4 rings (SSSR count). The lowest BCUT2D eigenvalue weighted by atomic mass is 10.2. The van der Waals surface area contributed by atoms with Gasteiger partial charge in [0, 0.05) is 50.8 Å². The van der Waals surface area contributed by atoms with Crippen molar-refractivity contribution in [2.75, 3.05) is 31.1 Å². The molecule has 164 valence electrons. The van der Waals surface area contributed by atoms with Crippen molar-refractivity contribution in [3.8, 4) is 0 Å². The maximum Gasteiger partial charge on any atom is 0.283 e. The Kier molecular flexibility index (Phi) is 5.40. The number of hydrogen-bond donors (Lipinski definition) is 0. The second kappa shape index (κ2) is 7.89. The highest BCUT2D eigenvalue weighted by atomic mass is 32.2. The summed E-state index contributed by atoms with van der Waals surface area (Å²) in [6.45, 7) is 4.83. The van der Waals surface area contributed by atoms with E-state index in [0.29, 0.717) is 24.5 Å². The molecule has 1 aromatic carbocycles. The lowest BCUT2D eigenvalue weighted by Gasteiger charge is -2.35. The maximum absolute atomic E-state index is 13.3. The van der Waals surface area contributed by atoms with Gasteiger partial charge in [0.1, 0.15) is 11.4 Å². The summed E-state index contributed by atoms with van der Waals surface area (Å²) in [7, 11) is -2.42. The van der Waals surface area contributed by atoms with Gasteiger partial charge in [0.15, 0.2) is 0 Å². The fourth-order valence-corrected chi connectivity index (χ4v) is 5.25. The lowest BCUT2D eigenvalue weighted by Crippen LogP contribution is -2.49. The first kappa shape index (κ1) is 21.2. The zero-order valence-electron chi connectivity index (χ0n) is 17.5. The number of aromatic nitrogens is 4. The molecule has 0 unspecified atom stereocenters. The van der Waals surface area contributed by atoms with Gasteiger partial charge in [0.25, 0.3) is 15.9 Å². The first-order chi connectivity index (χ1) is 14.7. The van der Waals surface area contributed by atoms with Crippen molar-refractivity contribution in [1.29, 1.82) is 0 Å². The molecule has 1 aliphatic heterocycles. The summed E-state index contributed by atoms with van der Waals surface area (Å²) in [5.74, 6) is -0.859. The van der Waals surface area contributed by atoms with Crippen LogP contribution in [0, 0.1) is 19.7 Å². The SMILES string of the molecule is Cc1cc(C)n(C(=O)c2cn(C)nc2S(=O)(=O)N2CCN(c3ccc(F)cc3)CC2)n1. The number of anilines is 1. The Bertz CT molecular complexity index is 1220. The van der Waals surface area contributed by atoms with Gasteiger partial charge in [-0.15, -0.1) is 0 Å². The molecule has 1 saturated heterocycles. The number of aryl methyl sites for hydroxylation is 3. The van der Waals surface area contributed by atoms with E-state index in [2.05, 4.69) is 10.2 Å². The summed E-state index contributed by atoms with van der Waals surface area (Å²) < 4.78 is 43.7. The van der Waals surface area contributed by atoms with Gasteiger partial charge in [-0.3, -0.25) is 9.48 Å².